The minimum atomic E-state index is 0.323. The molecule has 0 bridgehead atoms. The molecule has 1 fully saturated rings. The Morgan fingerprint density at radius 1 is 1.24 bits per heavy atom. The van der Waals surface area contributed by atoms with Crippen LogP contribution in [0, 0.1) is 25.7 Å². The molecule has 0 spiro atoms. The second-order valence-electron chi connectivity index (χ2n) is 7.77. The summed E-state index contributed by atoms with van der Waals surface area (Å²) in [6, 6.07) is 0.323. The molecule has 1 atom stereocenters. The van der Waals surface area contributed by atoms with Gasteiger partial charge in [-0.05, 0) is 57.4 Å². The first-order valence-electron chi connectivity index (χ1n) is 9.90. The Hall–Kier alpha value is -1.52. The van der Waals surface area contributed by atoms with Crippen LogP contribution in [0.4, 0.5) is 0 Å². The number of aromatic nitrogens is 2. The smallest absolute Gasteiger partial charge is 0.191 e. The van der Waals surface area contributed by atoms with Gasteiger partial charge in [-0.1, -0.05) is 26.2 Å². The van der Waals surface area contributed by atoms with E-state index < -0.39 is 0 Å². The molecule has 1 heterocycles. The van der Waals surface area contributed by atoms with E-state index in [1.54, 1.807) is 0 Å². The number of hydrogen-bond acceptors (Lipinski definition) is 2. The van der Waals surface area contributed by atoms with Crippen molar-refractivity contribution < 1.29 is 0 Å². The van der Waals surface area contributed by atoms with E-state index in [0.29, 0.717) is 6.04 Å². The van der Waals surface area contributed by atoms with Gasteiger partial charge in [0.1, 0.15) is 0 Å². The molecule has 25 heavy (non-hydrogen) atoms. The lowest BCUT2D eigenvalue weighted by Gasteiger charge is -2.28. The van der Waals surface area contributed by atoms with Gasteiger partial charge in [0.2, 0.25) is 0 Å². The Balaban J connectivity index is 1.79. The highest BCUT2D eigenvalue weighted by Crippen LogP contribution is 2.30. The van der Waals surface area contributed by atoms with Crippen molar-refractivity contribution in [2.75, 3.05) is 13.6 Å². The molecule has 1 unspecified atom stereocenters. The number of aliphatic imine (C=N–C) groups is 1. The molecule has 1 saturated carbocycles. The van der Waals surface area contributed by atoms with Crippen LogP contribution in [-0.4, -0.2) is 35.4 Å². The maximum Gasteiger partial charge on any atom is 0.191 e. The molecule has 0 amide bonds. The van der Waals surface area contributed by atoms with E-state index in [1.807, 2.05) is 18.8 Å². The third-order valence-electron chi connectivity index (χ3n) is 5.88. The largest absolute Gasteiger partial charge is 0.356 e. The molecule has 0 saturated heterocycles. The van der Waals surface area contributed by atoms with Gasteiger partial charge in [-0.3, -0.25) is 9.67 Å². The summed E-state index contributed by atoms with van der Waals surface area (Å²) >= 11 is 0. The van der Waals surface area contributed by atoms with Crippen molar-refractivity contribution >= 4 is 5.96 Å². The summed E-state index contributed by atoms with van der Waals surface area (Å²) < 4.78 is 1.97. The first-order valence-corrected chi connectivity index (χ1v) is 9.90. The molecule has 5 heteroatoms. The molecule has 1 aliphatic rings. The van der Waals surface area contributed by atoms with Gasteiger partial charge in [0.15, 0.2) is 5.96 Å². The Kier molecular flexibility index (Phi) is 7.33. The lowest BCUT2D eigenvalue weighted by Crippen LogP contribution is -2.45. The van der Waals surface area contributed by atoms with Gasteiger partial charge < -0.3 is 10.6 Å². The second-order valence-corrected chi connectivity index (χ2v) is 7.77. The Bertz CT molecular complexity index is 567. The molecule has 0 aromatic carbocycles. The van der Waals surface area contributed by atoms with Crippen LogP contribution in [0.5, 0.6) is 0 Å². The van der Waals surface area contributed by atoms with Crippen LogP contribution in [0.1, 0.15) is 62.9 Å². The quantitative estimate of drug-likeness (QED) is 0.613. The van der Waals surface area contributed by atoms with Crippen molar-refractivity contribution in [2.24, 2.45) is 23.9 Å². The molecule has 0 aliphatic heterocycles. The highest BCUT2D eigenvalue weighted by atomic mass is 15.3. The molecule has 1 aromatic rings. The van der Waals surface area contributed by atoms with Gasteiger partial charge in [-0.15, -0.1) is 0 Å². The average Bonchev–Trinajstić information content (AvgIpc) is 2.85. The summed E-state index contributed by atoms with van der Waals surface area (Å²) in [4.78, 5) is 4.41. The topological polar surface area (TPSA) is 54.2 Å². The molecular weight excluding hydrogens is 310 g/mol. The Labute approximate surface area is 153 Å². The highest BCUT2D eigenvalue weighted by Gasteiger charge is 2.20. The normalized spacial score (nSPS) is 22.7. The fraction of sp³-hybridized carbons (Fsp3) is 0.800. The molecule has 5 nitrogen and oxygen atoms in total. The van der Waals surface area contributed by atoms with Crippen LogP contribution >= 0.6 is 0 Å². The molecule has 2 N–H and O–H groups in total. The maximum absolute atomic E-state index is 4.52. The predicted octanol–water partition coefficient (Wildman–Crippen LogP) is 3.35. The number of rotatable bonds is 6. The van der Waals surface area contributed by atoms with Gasteiger partial charge in [-0.25, -0.2) is 0 Å². The second kappa shape index (κ2) is 9.25. The zero-order chi connectivity index (χ0) is 18.4. The molecule has 2 rings (SSSR count). The van der Waals surface area contributed by atoms with Gasteiger partial charge in [0, 0.05) is 32.4 Å². The van der Waals surface area contributed by atoms with Crippen LogP contribution in [0.25, 0.3) is 0 Å². The summed E-state index contributed by atoms with van der Waals surface area (Å²) in [5.41, 5.74) is 3.72. The van der Waals surface area contributed by atoms with Crippen LogP contribution in [0.3, 0.4) is 0 Å². The zero-order valence-electron chi connectivity index (χ0n) is 17.0. The lowest BCUT2D eigenvalue weighted by molar-refractivity contribution is 0.269. The number of hydrogen-bond donors (Lipinski definition) is 2. The lowest BCUT2D eigenvalue weighted by atomic mass is 9.81. The van der Waals surface area contributed by atoms with E-state index in [2.05, 4.69) is 48.4 Å². The molecular formula is C20H37N5. The SMILES string of the molecule is CCC1CCC(CNC(=NC)NC(C)Cc2c(C)nn(C)c2C)CC1. The van der Waals surface area contributed by atoms with E-state index in [1.165, 1.54) is 43.4 Å². The monoisotopic (exact) mass is 347 g/mol. The van der Waals surface area contributed by atoms with Crippen LogP contribution in [0.2, 0.25) is 0 Å². The molecule has 1 aliphatic carbocycles. The molecule has 1 aromatic heterocycles. The number of aryl methyl sites for hydroxylation is 2. The number of guanidine groups is 1. The van der Waals surface area contributed by atoms with Crippen molar-refractivity contribution in [3.63, 3.8) is 0 Å². The molecule has 142 valence electrons. The van der Waals surface area contributed by atoms with Gasteiger partial charge >= 0.3 is 0 Å². The Morgan fingerprint density at radius 3 is 2.40 bits per heavy atom. The molecule has 0 radical (unpaired) electrons. The minimum Gasteiger partial charge on any atom is -0.356 e. The van der Waals surface area contributed by atoms with Crippen molar-refractivity contribution in [3.8, 4) is 0 Å². The maximum atomic E-state index is 4.52. The summed E-state index contributed by atoms with van der Waals surface area (Å²) in [6.07, 6.45) is 7.80. The van der Waals surface area contributed by atoms with Crippen LogP contribution < -0.4 is 10.6 Å². The zero-order valence-corrected chi connectivity index (χ0v) is 17.0. The van der Waals surface area contributed by atoms with E-state index >= 15 is 0 Å². The summed E-state index contributed by atoms with van der Waals surface area (Å²) in [5, 5.41) is 11.6. The standard InChI is InChI=1S/C20H37N5/c1-7-17-8-10-18(11-9-17)13-22-20(21-5)23-14(2)12-19-15(3)24-25(6)16(19)4/h14,17-18H,7-13H2,1-6H3,(H2,21,22,23). The van der Waals surface area contributed by atoms with Crippen molar-refractivity contribution in [1.82, 2.24) is 20.4 Å². The third kappa shape index (κ3) is 5.48. The van der Waals surface area contributed by atoms with E-state index in [0.717, 1.165) is 36.5 Å². The van der Waals surface area contributed by atoms with Gasteiger partial charge in [0.05, 0.1) is 5.69 Å². The Morgan fingerprint density at radius 2 is 1.88 bits per heavy atom. The van der Waals surface area contributed by atoms with Crippen molar-refractivity contribution in [2.45, 2.75) is 72.3 Å². The predicted molar refractivity (Wildman–Crippen MR) is 106 cm³/mol. The van der Waals surface area contributed by atoms with E-state index in [9.17, 15) is 0 Å². The fourth-order valence-electron chi connectivity index (χ4n) is 3.98. The van der Waals surface area contributed by atoms with Crippen LogP contribution in [0.15, 0.2) is 4.99 Å². The minimum absolute atomic E-state index is 0.323. The first kappa shape index (κ1) is 19.8. The van der Waals surface area contributed by atoms with Gasteiger partial charge in [0.25, 0.3) is 0 Å². The first-order chi connectivity index (χ1) is 11.9. The summed E-state index contributed by atoms with van der Waals surface area (Å²) in [6.45, 7) is 9.80. The highest BCUT2D eigenvalue weighted by molar-refractivity contribution is 5.79. The summed E-state index contributed by atoms with van der Waals surface area (Å²) in [5.74, 6) is 2.67. The van der Waals surface area contributed by atoms with Crippen LogP contribution in [-0.2, 0) is 13.5 Å². The third-order valence-corrected chi connectivity index (χ3v) is 5.88. The summed E-state index contributed by atoms with van der Waals surface area (Å²) in [7, 11) is 3.87. The fourth-order valence-corrected chi connectivity index (χ4v) is 3.98. The van der Waals surface area contributed by atoms with E-state index in [-0.39, 0.29) is 0 Å². The number of nitrogens with one attached hydrogen (secondary N) is 2. The van der Waals surface area contributed by atoms with Crippen molar-refractivity contribution in [3.05, 3.63) is 17.0 Å². The average molecular weight is 348 g/mol. The van der Waals surface area contributed by atoms with E-state index in [4.69, 9.17) is 0 Å². The number of nitrogens with zero attached hydrogens (tertiary/aromatic N) is 3. The van der Waals surface area contributed by atoms with Crippen molar-refractivity contribution in [1.29, 1.82) is 0 Å². The van der Waals surface area contributed by atoms with Gasteiger partial charge in [-0.2, -0.15) is 5.10 Å².